The minimum absolute atomic E-state index is 0.748. The Bertz CT molecular complexity index is 706. The van der Waals surface area contributed by atoms with E-state index < -0.39 is 0 Å². The fourth-order valence-electron chi connectivity index (χ4n) is 4.31. The summed E-state index contributed by atoms with van der Waals surface area (Å²) < 4.78 is 0.748. The van der Waals surface area contributed by atoms with Gasteiger partial charge in [-0.2, -0.15) is 0 Å². The molecular weight excluding hydrogens is 392 g/mol. The van der Waals surface area contributed by atoms with Crippen LogP contribution < -0.4 is 5.32 Å². The van der Waals surface area contributed by atoms with Crippen LogP contribution in [0, 0.1) is 11.8 Å². The second kappa shape index (κ2) is 12.4. The van der Waals surface area contributed by atoms with Crippen molar-refractivity contribution in [3.63, 3.8) is 0 Å². The highest BCUT2D eigenvalue weighted by Crippen LogP contribution is 2.22. The molecule has 0 bridgehead atoms. The van der Waals surface area contributed by atoms with Crippen LogP contribution in [0.4, 0.5) is 0 Å². The number of piperidine rings is 2. The van der Waals surface area contributed by atoms with Crippen LogP contribution in [0.1, 0.15) is 36.8 Å². The first-order valence-electron chi connectivity index (χ1n) is 11.0. The van der Waals surface area contributed by atoms with E-state index in [0.717, 1.165) is 29.2 Å². The Balaban J connectivity index is 0.000000169. The van der Waals surface area contributed by atoms with E-state index in [1.54, 1.807) is 0 Å². The largest absolute Gasteiger partial charge is 0.358 e. The zero-order valence-corrected chi connectivity index (χ0v) is 19.0. The van der Waals surface area contributed by atoms with Gasteiger partial charge in [0.15, 0.2) is 0 Å². The van der Waals surface area contributed by atoms with Gasteiger partial charge in [0.05, 0.1) is 0 Å². The number of nitrogens with zero attached hydrogens (tertiary/aromatic N) is 1. The third-order valence-corrected chi connectivity index (χ3v) is 6.62. The fraction of sp³-hybridized carbons (Fsp3) is 0.480. The Kier molecular flexibility index (Phi) is 9.52. The highest BCUT2D eigenvalue weighted by molar-refractivity contribution is 8.10. The molecule has 2 heterocycles. The minimum atomic E-state index is 0.748. The molecule has 2 aliphatic rings. The summed E-state index contributed by atoms with van der Waals surface area (Å²) in [6.07, 6.45) is 7.62. The zero-order valence-electron chi connectivity index (χ0n) is 17.3. The standard InChI is InChI=1S/C13H17NS2.C12H17N/c15-13(16)14-8-6-12(7-9-14)10-11-4-2-1-3-5-11;1-2-4-11(5-3-1)10-12-6-8-13-9-7-12/h1-5,12H,6-10H2,(H,15,16);1-5,12-13H,6-10H2. The average Bonchev–Trinajstić information content (AvgIpc) is 2.77. The van der Waals surface area contributed by atoms with E-state index in [-0.39, 0.29) is 0 Å². The molecule has 0 atom stereocenters. The monoisotopic (exact) mass is 426 g/mol. The molecule has 0 unspecified atom stereocenters. The molecule has 0 aromatic heterocycles. The van der Waals surface area contributed by atoms with Crippen LogP contribution in [0.3, 0.4) is 0 Å². The van der Waals surface area contributed by atoms with Crippen molar-refractivity contribution in [2.24, 2.45) is 11.8 Å². The molecule has 0 aliphatic carbocycles. The van der Waals surface area contributed by atoms with E-state index >= 15 is 0 Å². The van der Waals surface area contributed by atoms with Crippen molar-refractivity contribution in [1.29, 1.82) is 0 Å². The van der Waals surface area contributed by atoms with Gasteiger partial charge in [-0.1, -0.05) is 72.9 Å². The summed E-state index contributed by atoms with van der Waals surface area (Å²) in [6, 6.07) is 21.6. The normalized spacial score (nSPS) is 18.0. The summed E-state index contributed by atoms with van der Waals surface area (Å²) in [6.45, 7) is 4.55. The van der Waals surface area contributed by atoms with E-state index in [0.29, 0.717) is 0 Å². The maximum atomic E-state index is 5.07. The number of benzene rings is 2. The summed E-state index contributed by atoms with van der Waals surface area (Å²) in [7, 11) is 0. The fourth-order valence-corrected chi connectivity index (χ4v) is 4.69. The quantitative estimate of drug-likeness (QED) is 0.504. The van der Waals surface area contributed by atoms with Gasteiger partial charge in [-0.3, -0.25) is 0 Å². The van der Waals surface area contributed by atoms with Gasteiger partial charge in [0.2, 0.25) is 0 Å². The Morgan fingerprint density at radius 2 is 1.24 bits per heavy atom. The lowest BCUT2D eigenvalue weighted by Gasteiger charge is -2.32. The Morgan fingerprint density at radius 3 is 1.69 bits per heavy atom. The van der Waals surface area contributed by atoms with Crippen molar-refractivity contribution in [2.75, 3.05) is 26.2 Å². The molecular formula is C25H34N2S2. The zero-order chi connectivity index (χ0) is 20.3. The van der Waals surface area contributed by atoms with Crippen molar-refractivity contribution in [2.45, 2.75) is 38.5 Å². The molecule has 2 saturated heterocycles. The molecule has 0 radical (unpaired) electrons. The van der Waals surface area contributed by atoms with Gasteiger partial charge in [0, 0.05) is 13.1 Å². The van der Waals surface area contributed by atoms with Crippen LogP contribution in [0.2, 0.25) is 0 Å². The van der Waals surface area contributed by atoms with Crippen molar-refractivity contribution in [1.82, 2.24) is 10.2 Å². The lowest BCUT2D eigenvalue weighted by molar-refractivity contribution is 0.272. The Hall–Kier alpha value is -1.36. The van der Waals surface area contributed by atoms with Gasteiger partial charge in [-0.15, -0.1) is 12.6 Å². The molecule has 156 valence electrons. The number of thiocarbonyl (C=S) groups is 1. The molecule has 4 rings (SSSR count). The van der Waals surface area contributed by atoms with E-state index in [4.69, 9.17) is 12.2 Å². The van der Waals surface area contributed by atoms with Crippen LogP contribution in [0.25, 0.3) is 0 Å². The molecule has 29 heavy (non-hydrogen) atoms. The molecule has 2 aromatic carbocycles. The SMILES string of the molecule is S=C(S)N1CCC(Cc2ccccc2)CC1.c1ccc(CC2CCNCC2)cc1. The number of rotatable bonds is 4. The van der Waals surface area contributed by atoms with E-state index in [1.165, 1.54) is 62.7 Å². The topological polar surface area (TPSA) is 15.3 Å². The van der Waals surface area contributed by atoms with E-state index in [9.17, 15) is 0 Å². The van der Waals surface area contributed by atoms with Crippen molar-refractivity contribution in [3.05, 3.63) is 71.8 Å². The molecule has 4 heteroatoms. The van der Waals surface area contributed by atoms with Gasteiger partial charge in [-0.25, -0.2) is 0 Å². The van der Waals surface area contributed by atoms with Crippen molar-refractivity contribution < 1.29 is 0 Å². The third-order valence-electron chi connectivity index (χ3n) is 6.08. The van der Waals surface area contributed by atoms with Gasteiger partial charge in [0.25, 0.3) is 0 Å². The lowest BCUT2D eigenvalue weighted by atomic mass is 9.90. The third kappa shape index (κ3) is 8.12. The number of hydrogen-bond donors (Lipinski definition) is 2. The first-order valence-corrected chi connectivity index (χ1v) is 11.8. The molecule has 2 aromatic rings. The van der Waals surface area contributed by atoms with Crippen LogP contribution in [-0.4, -0.2) is 35.4 Å². The molecule has 2 aliphatic heterocycles. The van der Waals surface area contributed by atoms with Crippen molar-refractivity contribution >= 4 is 29.2 Å². The minimum Gasteiger partial charge on any atom is -0.358 e. The highest BCUT2D eigenvalue weighted by Gasteiger charge is 2.19. The summed E-state index contributed by atoms with van der Waals surface area (Å²) >= 11 is 9.30. The number of hydrogen-bond acceptors (Lipinski definition) is 2. The first kappa shape index (κ1) is 22.3. The lowest BCUT2D eigenvalue weighted by Crippen LogP contribution is -2.35. The average molecular weight is 427 g/mol. The second-order valence-corrected chi connectivity index (χ2v) is 9.40. The van der Waals surface area contributed by atoms with Crippen LogP contribution in [0.15, 0.2) is 60.7 Å². The first-order chi connectivity index (χ1) is 14.2. The highest BCUT2D eigenvalue weighted by atomic mass is 32.1. The summed E-state index contributed by atoms with van der Waals surface area (Å²) in [5.74, 6) is 1.71. The second-order valence-electron chi connectivity index (χ2n) is 8.29. The number of likely N-dealkylation sites (tertiary alicyclic amines) is 1. The predicted octanol–water partition coefficient (Wildman–Crippen LogP) is 5.38. The van der Waals surface area contributed by atoms with Crippen molar-refractivity contribution in [3.8, 4) is 0 Å². The summed E-state index contributed by atoms with van der Waals surface area (Å²) in [5.41, 5.74) is 2.95. The molecule has 2 nitrogen and oxygen atoms in total. The molecule has 1 N–H and O–H groups in total. The van der Waals surface area contributed by atoms with Crippen LogP contribution >= 0.6 is 24.8 Å². The molecule has 0 amide bonds. The Labute approximate surface area is 187 Å². The maximum absolute atomic E-state index is 5.07. The van der Waals surface area contributed by atoms with Gasteiger partial charge in [-0.05, 0) is 74.6 Å². The smallest absolute Gasteiger partial charge is 0.133 e. The van der Waals surface area contributed by atoms with E-state index in [2.05, 4.69) is 83.5 Å². The van der Waals surface area contributed by atoms with Crippen LogP contribution in [-0.2, 0) is 12.8 Å². The molecule has 0 saturated carbocycles. The molecule has 2 fully saturated rings. The summed E-state index contributed by atoms with van der Waals surface area (Å²) in [4.78, 5) is 2.19. The van der Waals surface area contributed by atoms with Gasteiger partial charge < -0.3 is 10.2 Å². The Morgan fingerprint density at radius 1 is 0.793 bits per heavy atom. The predicted molar refractivity (Wildman–Crippen MR) is 132 cm³/mol. The molecule has 0 spiro atoms. The van der Waals surface area contributed by atoms with Gasteiger partial charge in [0.1, 0.15) is 4.32 Å². The maximum Gasteiger partial charge on any atom is 0.133 e. The van der Waals surface area contributed by atoms with Crippen LogP contribution in [0.5, 0.6) is 0 Å². The van der Waals surface area contributed by atoms with Gasteiger partial charge >= 0.3 is 0 Å². The number of thiol groups is 1. The summed E-state index contributed by atoms with van der Waals surface area (Å²) in [5, 5.41) is 3.40. The van der Waals surface area contributed by atoms with E-state index in [1.807, 2.05) is 0 Å². The number of nitrogens with one attached hydrogen (secondary N) is 1.